The van der Waals surface area contributed by atoms with Gasteiger partial charge in [0.1, 0.15) is 0 Å². The van der Waals surface area contributed by atoms with E-state index >= 15 is 0 Å². The largest absolute Gasteiger partial charge is 0.479 e. The number of piperidine rings is 1. The number of pyridine rings is 1. The van der Waals surface area contributed by atoms with Crippen LogP contribution in [0.2, 0.25) is 0 Å². The maximum atomic E-state index is 12.5. The molecule has 0 saturated carbocycles. The number of nitrogens with zero attached hydrogens (tertiary/aromatic N) is 4. The Morgan fingerprint density at radius 1 is 1.21 bits per heavy atom. The van der Waals surface area contributed by atoms with Gasteiger partial charge in [-0.25, -0.2) is 14.5 Å². The molecule has 1 aliphatic rings. The number of carbonyl (C=O) groups is 2. The number of nitrogens with one attached hydrogen (secondary N) is 1. The number of aryl methyl sites for hydroxylation is 3. The quantitative estimate of drug-likeness (QED) is 0.818. The van der Waals surface area contributed by atoms with Gasteiger partial charge in [0.25, 0.3) is 0 Å². The minimum absolute atomic E-state index is 0.0126. The highest BCUT2D eigenvalue weighted by Gasteiger charge is 2.24. The first-order valence-electron chi connectivity index (χ1n) is 9.84. The smallest absolute Gasteiger partial charge is 0.409 e. The van der Waals surface area contributed by atoms with E-state index in [-0.39, 0.29) is 18.0 Å². The molecule has 0 aromatic carbocycles. The molecule has 1 fully saturated rings. The van der Waals surface area contributed by atoms with Gasteiger partial charge < -0.3 is 19.7 Å². The number of methoxy groups -OCH3 is 2. The molecule has 0 aliphatic carbocycles. The Morgan fingerprint density at radius 3 is 2.52 bits per heavy atom. The number of fused-ring (bicyclic) bond motifs is 1. The van der Waals surface area contributed by atoms with Gasteiger partial charge in [-0.05, 0) is 44.2 Å². The van der Waals surface area contributed by atoms with E-state index < -0.39 is 0 Å². The summed E-state index contributed by atoms with van der Waals surface area (Å²) in [5, 5.41) is 8.35. The van der Waals surface area contributed by atoms with Crippen LogP contribution in [0.4, 0.5) is 4.79 Å². The summed E-state index contributed by atoms with van der Waals surface area (Å²) < 4.78 is 11.9. The van der Waals surface area contributed by atoms with Crippen molar-refractivity contribution < 1.29 is 19.1 Å². The van der Waals surface area contributed by atoms with Crippen LogP contribution >= 0.6 is 0 Å². The van der Waals surface area contributed by atoms with Gasteiger partial charge in [-0.1, -0.05) is 0 Å². The Morgan fingerprint density at radius 2 is 1.90 bits per heavy atom. The van der Waals surface area contributed by atoms with Crippen molar-refractivity contribution in [3.8, 4) is 5.88 Å². The van der Waals surface area contributed by atoms with Gasteiger partial charge in [0, 0.05) is 38.3 Å². The van der Waals surface area contributed by atoms with Crippen LogP contribution in [-0.2, 0) is 23.0 Å². The van der Waals surface area contributed by atoms with E-state index in [0.717, 1.165) is 40.7 Å². The number of ether oxygens (including phenoxy) is 2. The van der Waals surface area contributed by atoms with Crippen LogP contribution in [-0.4, -0.2) is 65.0 Å². The molecule has 1 N–H and O–H groups in total. The van der Waals surface area contributed by atoms with E-state index in [4.69, 9.17) is 9.47 Å². The van der Waals surface area contributed by atoms with E-state index in [1.807, 2.05) is 20.9 Å². The molecule has 9 heteroatoms. The van der Waals surface area contributed by atoms with Gasteiger partial charge >= 0.3 is 6.09 Å². The minimum atomic E-state index is -0.311. The summed E-state index contributed by atoms with van der Waals surface area (Å²) >= 11 is 0. The van der Waals surface area contributed by atoms with E-state index in [2.05, 4.69) is 15.4 Å². The summed E-state index contributed by atoms with van der Waals surface area (Å²) in [5.41, 5.74) is 3.79. The fraction of sp³-hybridized carbons (Fsp3) is 0.600. The van der Waals surface area contributed by atoms with Gasteiger partial charge in [-0.3, -0.25) is 4.79 Å². The molecule has 0 radical (unpaired) electrons. The lowest BCUT2D eigenvalue weighted by Crippen LogP contribution is -2.46. The molecule has 1 aliphatic heterocycles. The molecule has 3 heterocycles. The fourth-order valence-electron chi connectivity index (χ4n) is 3.98. The van der Waals surface area contributed by atoms with E-state index in [0.29, 0.717) is 31.8 Å². The van der Waals surface area contributed by atoms with Crippen molar-refractivity contribution in [2.75, 3.05) is 27.3 Å². The zero-order chi connectivity index (χ0) is 21.1. The number of likely N-dealkylation sites (tertiary alicyclic amines) is 1. The average Bonchev–Trinajstić information content (AvgIpc) is 3.03. The van der Waals surface area contributed by atoms with Crippen LogP contribution in [0.25, 0.3) is 11.0 Å². The molecule has 0 unspecified atom stereocenters. The number of rotatable bonds is 5. The maximum absolute atomic E-state index is 12.5. The Labute approximate surface area is 170 Å². The summed E-state index contributed by atoms with van der Waals surface area (Å²) in [6, 6.07) is 0.0876. The standard InChI is InChI=1S/C20H29N5O4/c1-12-15(13(2)21-18-17(12)19(28-4)23-24(18)3)6-7-16(26)22-14-8-10-25(11-9-14)20(27)29-5/h14H,6-11H2,1-5H3,(H,22,26). The molecule has 158 valence electrons. The first-order chi connectivity index (χ1) is 13.8. The third kappa shape index (κ3) is 4.28. The van der Waals surface area contributed by atoms with E-state index in [9.17, 15) is 9.59 Å². The Hall–Kier alpha value is -2.84. The summed E-state index contributed by atoms with van der Waals surface area (Å²) in [7, 11) is 4.82. The van der Waals surface area contributed by atoms with Gasteiger partial charge in [0.15, 0.2) is 5.65 Å². The van der Waals surface area contributed by atoms with Crippen LogP contribution < -0.4 is 10.1 Å². The van der Waals surface area contributed by atoms with Gasteiger partial charge in [0.05, 0.1) is 19.6 Å². The van der Waals surface area contributed by atoms with Crippen LogP contribution in [0.5, 0.6) is 5.88 Å². The number of hydrogen-bond acceptors (Lipinski definition) is 6. The Kier molecular flexibility index (Phi) is 6.24. The van der Waals surface area contributed by atoms with Gasteiger partial charge in [0.2, 0.25) is 11.8 Å². The molecule has 2 amide bonds. The van der Waals surface area contributed by atoms with Crippen molar-refractivity contribution in [3.63, 3.8) is 0 Å². The minimum Gasteiger partial charge on any atom is -0.479 e. The first-order valence-corrected chi connectivity index (χ1v) is 9.84. The number of aromatic nitrogens is 3. The first kappa shape index (κ1) is 20.9. The summed E-state index contributed by atoms with van der Waals surface area (Å²) in [6.45, 7) is 5.17. The third-order valence-corrected chi connectivity index (χ3v) is 5.61. The molecule has 1 saturated heterocycles. The molecule has 2 aromatic heterocycles. The van der Waals surface area contributed by atoms with Crippen molar-refractivity contribution in [1.82, 2.24) is 25.0 Å². The average molecular weight is 403 g/mol. The highest BCUT2D eigenvalue weighted by atomic mass is 16.5. The van der Waals surface area contributed by atoms with Crippen LogP contribution in [0, 0.1) is 13.8 Å². The number of hydrogen-bond donors (Lipinski definition) is 1. The highest BCUT2D eigenvalue weighted by Crippen LogP contribution is 2.30. The topological polar surface area (TPSA) is 98.6 Å². The van der Waals surface area contributed by atoms with Crippen LogP contribution in [0.3, 0.4) is 0 Å². The second kappa shape index (κ2) is 8.67. The molecule has 3 rings (SSSR count). The second-order valence-corrected chi connectivity index (χ2v) is 7.43. The van der Waals surface area contributed by atoms with Crippen molar-refractivity contribution in [3.05, 3.63) is 16.8 Å². The molecule has 2 aromatic rings. The zero-order valence-corrected chi connectivity index (χ0v) is 17.7. The lowest BCUT2D eigenvalue weighted by Gasteiger charge is -2.31. The van der Waals surface area contributed by atoms with Crippen LogP contribution in [0.15, 0.2) is 0 Å². The number of carbonyl (C=O) groups excluding carboxylic acids is 2. The summed E-state index contributed by atoms with van der Waals surface area (Å²) in [6.07, 6.45) is 2.15. The lowest BCUT2D eigenvalue weighted by molar-refractivity contribution is -0.122. The van der Waals surface area contributed by atoms with Crippen LogP contribution in [0.1, 0.15) is 36.1 Å². The second-order valence-electron chi connectivity index (χ2n) is 7.43. The van der Waals surface area contributed by atoms with Crippen molar-refractivity contribution in [2.24, 2.45) is 7.05 Å². The maximum Gasteiger partial charge on any atom is 0.409 e. The van der Waals surface area contributed by atoms with Crippen molar-refractivity contribution in [1.29, 1.82) is 0 Å². The molecular weight excluding hydrogens is 374 g/mol. The predicted octanol–water partition coefficient (Wildman–Crippen LogP) is 1.87. The van der Waals surface area contributed by atoms with E-state index in [1.165, 1.54) is 7.11 Å². The summed E-state index contributed by atoms with van der Waals surface area (Å²) in [5.74, 6) is 0.564. The third-order valence-electron chi connectivity index (χ3n) is 5.61. The van der Waals surface area contributed by atoms with Gasteiger partial charge in [-0.15, -0.1) is 5.10 Å². The van der Waals surface area contributed by atoms with E-state index in [1.54, 1.807) is 16.7 Å². The lowest BCUT2D eigenvalue weighted by atomic mass is 9.99. The fourth-order valence-corrected chi connectivity index (χ4v) is 3.98. The monoisotopic (exact) mass is 403 g/mol. The van der Waals surface area contributed by atoms with Crippen molar-refractivity contribution >= 4 is 23.0 Å². The predicted molar refractivity (Wildman–Crippen MR) is 108 cm³/mol. The SMILES string of the molecule is COC(=O)N1CCC(NC(=O)CCc2c(C)nc3c(c(OC)nn3C)c2C)CC1. The van der Waals surface area contributed by atoms with Crippen molar-refractivity contribution in [2.45, 2.75) is 45.6 Å². The van der Waals surface area contributed by atoms with Gasteiger partial charge in [-0.2, -0.15) is 0 Å². The molecule has 9 nitrogen and oxygen atoms in total. The Bertz CT molecular complexity index is 915. The Balaban J connectivity index is 1.62. The molecular formula is C20H29N5O4. The molecule has 0 bridgehead atoms. The normalized spacial score (nSPS) is 14.9. The highest BCUT2D eigenvalue weighted by molar-refractivity contribution is 5.86. The summed E-state index contributed by atoms with van der Waals surface area (Å²) in [4.78, 5) is 30.4. The zero-order valence-electron chi connectivity index (χ0n) is 17.7. The number of amides is 2. The molecule has 29 heavy (non-hydrogen) atoms. The molecule has 0 atom stereocenters. The molecule has 0 spiro atoms.